The van der Waals surface area contributed by atoms with Gasteiger partial charge in [0.15, 0.2) is 0 Å². The van der Waals surface area contributed by atoms with E-state index in [1.54, 1.807) is 19.1 Å². The lowest BCUT2D eigenvalue weighted by atomic mass is 10.1. The summed E-state index contributed by atoms with van der Waals surface area (Å²) < 4.78 is 4.86. The highest BCUT2D eigenvalue weighted by Gasteiger charge is 2.18. The Balaban J connectivity index is 2.77. The predicted molar refractivity (Wildman–Crippen MR) is 78.6 cm³/mol. The van der Waals surface area contributed by atoms with Crippen molar-refractivity contribution in [2.75, 3.05) is 19.7 Å². The second-order valence-electron chi connectivity index (χ2n) is 4.57. The first-order valence-electron chi connectivity index (χ1n) is 6.97. The standard InChI is InChI=1S/C16H20N2O3/c1-3-21-15(19)9-12-18(11-6-10-17)16(20)14-8-5-4-7-13(14)2/h4-5,7-8H,3,6,9,11-12H2,1-2H3. The molecule has 0 aliphatic carbocycles. The molecule has 5 heteroatoms. The number of carbonyl (C=O) groups is 2. The molecule has 0 fully saturated rings. The van der Waals surface area contributed by atoms with Gasteiger partial charge in [0.25, 0.3) is 5.91 Å². The molecule has 1 aromatic carbocycles. The third-order valence-electron chi connectivity index (χ3n) is 3.05. The lowest BCUT2D eigenvalue weighted by Gasteiger charge is -2.22. The lowest BCUT2D eigenvalue weighted by Crippen LogP contribution is -2.34. The van der Waals surface area contributed by atoms with E-state index in [0.29, 0.717) is 18.7 Å². The Labute approximate surface area is 125 Å². The van der Waals surface area contributed by atoms with Crippen molar-refractivity contribution in [1.29, 1.82) is 5.26 Å². The van der Waals surface area contributed by atoms with Crippen LogP contribution in [-0.2, 0) is 9.53 Å². The highest BCUT2D eigenvalue weighted by Crippen LogP contribution is 2.11. The molecule has 0 N–H and O–H groups in total. The number of aryl methyl sites for hydroxylation is 1. The maximum Gasteiger partial charge on any atom is 0.307 e. The van der Waals surface area contributed by atoms with Crippen LogP contribution in [0.1, 0.15) is 35.7 Å². The highest BCUT2D eigenvalue weighted by molar-refractivity contribution is 5.95. The molecule has 1 rings (SSSR count). The number of hydrogen-bond acceptors (Lipinski definition) is 4. The molecule has 0 radical (unpaired) electrons. The lowest BCUT2D eigenvalue weighted by molar-refractivity contribution is -0.143. The summed E-state index contributed by atoms with van der Waals surface area (Å²) in [5.41, 5.74) is 1.47. The average molecular weight is 288 g/mol. The Morgan fingerprint density at radius 2 is 2.00 bits per heavy atom. The Hall–Kier alpha value is -2.35. The van der Waals surface area contributed by atoms with Crippen molar-refractivity contribution < 1.29 is 14.3 Å². The van der Waals surface area contributed by atoms with Crippen LogP contribution in [0.3, 0.4) is 0 Å². The Morgan fingerprint density at radius 3 is 2.62 bits per heavy atom. The van der Waals surface area contributed by atoms with Gasteiger partial charge in [0.1, 0.15) is 0 Å². The van der Waals surface area contributed by atoms with E-state index in [4.69, 9.17) is 10.00 Å². The zero-order valence-electron chi connectivity index (χ0n) is 12.5. The van der Waals surface area contributed by atoms with Gasteiger partial charge in [0.2, 0.25) is 0 Å². The zero-order chi connectivity index (χ0) is 15.7. The summed E-state index contributed by atoms with van der Waals surface area (Å²) in [6, 6.07) is 9.30. The molecule has 0 saturated heterocycles. The van der Waals surface area contributed by atoms with Crippen molar-refractivity contribution in [1.82, 2.24) is 4.90 Å². The maximum absolute atomic E-state index is 12.5. The number of carbonyl (C=O) groups excluding carboxylic acids is 2. The summed E-state index contributed by atoms with van der Waals surface area (Å²) in [6.45, 7) is 4.49. The minimum Gasteiger partial charge on any atom is -0.466 e. The van der Waals surface area contributed by atoms with E-state index in [1.807, 2.05) is 25.1 Å². The summed E-state index contributed by atoms with van der Waals surface area (Å²) in [7, 11) is 0. The predicted octanol–water partition coefficient (Wildman–Crippen LogP) is 2.30. The van der Waals surface area contributed by atoms with Gasteiger partial charge in [0.05, 0.1) is 25.5 Å². The minimum atomic E-state index is -0.336. The Bertz CT molecular complexity index is 535. The average Bonchev–Trinajstić information content (AvgIpc) is 2.47. The first kappa shape index (κ1) is 16.7. The summed E-state index contributed by atoms with van der Waals surface area (Å²) in [4.78, 5) is 25.5. The number of nitrogens with zero attached hydrogens (tertiary/aromatic N) is 2. The van der Waals surface area contributed by atoms with E-state index in [0.717, 1.165) is 5.56 Å². The van der Waals surface area contributed by atoms with Crippen molar-refractivity contribution >= 4 is 11.9 Å². The topological polar surface area (TPSA) is 70.4 Å². The van der Waals surface area contributed by atoms with Gasteiger partial charge in [-0.3, -0.25) is 9.59 Å². The molecule has 0 aliphatic rings. The molecule has 0 bridgehead atoms. The van der Waals surface area contributed by atoms with Crippen LogP contribution < -0.4 is 0 Å². The van der Waals surface area contributed by atoms with Crippen LogP contribution in [-0.4, -0.2) is 36.5 Å². The first-order valence-corrected chi connectivity index (χ1v) is 6.97. The normalized spacial score (nSPS) is 9.76. The van der Waals surface area contributed by atoms with Crippen LogP contribution in [0, 0.1) is 18.3 Å². The van der Waals surface area contributed by atoms with Crippen molar-refractivity contribution in [3.8, 4) is 6.07 Å². The van der Waals surface area contributed by atoms with Crippen molar-refractivity contribution in [3.05, 3.63) is 35.4 Å². The van der Waals surface area contributed by atoms with Crippen molar-refractivity contribution in [2.24, 2.45) is 0 Å². The quantitative estimate of drug-likeness (QED) is 0.722. The fourth-order valence-electron chi connectivity index (χ4n) is 1.94. The van der Waals surface area contributed by atoms with E-state index < -0.39 is 0 Å². The molecular formula is C16H20N2O3. The first-order chi connectivity index (χ1) is 10.1. The van der Waals surface area contributed by atoms with Crippen LogP contribution in [0.2, 0.25) is 0 Å². The molecule has 5 nitrogen and oxygen atoms in total. The number of rotatable bonds is 7. The van der Waals surface area contributed by atoms with E-state index >= 15 is 0 Å². The Morgan fingerprint density at radius 1 is 1.29 bits per heavy atom. The fraction of sp³-hybridized carbons (Fsp3) is 0.438. The van der Waals surface area contributed by atoms with E-state index in [9.17, 15) is 9.59 Å². The largest absolute Gasteiger partial charge is 0.466 e. The van der Waals surface area contributed by atoms with Gasteiger partial charge in [-0.2, -0.15) is 5.26 Å². The smallest absolute Gasteiger partial charge is 0.307 e. The molecule has 0 heterocycles. The molecular weight excluding hydrogens is 268 g/mol. The third kappa shape index (κ3) is 5.27. The molecule has 0 aliphatic heterocycles. The number of amides is 1. The van der Waals surface area contributed by atoms with Crippen LogP contribution in [0.5, 0.6) is 0 Å². The van der Waals surface area contributed by atoms with Crippen molar-refractivity contribution in [2.45, 2.75) is 26.7 Å². The van der Waals surface area contributed by atoms with Gasteiger partial charge in [-0.1, -0.05) is 18.2 Å². The van der Waals surface area contributed by atoms with Gasteiger partial charge in [-0.25, -0.2) is 0 Å². The summed E-state index contributed by atoms with van der Waals surface area (Å²) >= 11 is 0. The fourth-order valence-corrected chi connectivity index (χ4v) is 1.94. The van der Waals surface area contributed by atoms with Crippen LogP contribution >= 0.6 is 0 Å². The second-order valence-corrected chi connectivity index (χ2v) is 4.57. The molecule has 1 amide bonds. The third-order valence-corrected chi connectivity index (χ3v) is 3.05. The number of nitriles is 1. The van der Waals surface area contributed by atoms with Crippen LogP contribution in [0.4, 0.5) is 0 Å². The summed E-state index contributed by atoms with van der Waals surface area (Å²) in [6.07, 6.45) is 0.372. The molecule has 0 unspecified atom stereocenters. The number of hydrogen-bond donors (Lipinski definition) is 0. The molecule has 0 atom stereocenters. The van der Waals surface area contributed by atoms with Crippen LogP contribution in [0.25, 0.3) is 0 Å². The van der Waals surface area contributed by atoms with Gasteiger partial charge < -0.3 is 9.64 Å². The van der Waals surface area contributed by atoms with E-state index in [-0.39, 0.29) is 31.3 Å². The SMILES string of the molecule is CCOC(=O)CCN(CCC#N)C(=O)c1ccccc1C. The molecule has 0 saturated carbocycles. The minimum absolute atomic E-state index is 0.136. The number of ether oxygens (including phenoxy) is 1. The molecule has 21 heavy (non-hydrogen) atoms. The maximum atomic E-state index is 12.5. The number of esters is 1. The summed E-state index contributed by atoms with van der Waals surface area (Å²) in [5, 5.41) is 8.70. The van der Waals surface area contributed by atoms with Gasteiger partial charge in [-0.05, 0) is 25.5 Å². The zero-order valence-corrected chi connectivity index (χ0v) is 12.5. The number of benzene rings is 1. The Kier molecular flexibility index (Phi) is 6.96. The van der Waals surface area contributed by atoms with Crippen molar-refractivity contribution in [3.63, 3.8) is 0 Å². The van der Waals surface area contributed by atoms with E-state index in [2.05, 4.69) is 0 Å². The van der Waals surface area contributed by atoms with Gasteiger partial charge >= 0.3 is 5.97 Å². The molecule has 112 valence electrons. The molecule has 0 aromatic heterocycles. The molecule has 0 spiro atoms. The second kappa shape index (κ2) is 8.75. The van der Waals surface area contributed by atoms with Gasteiger partial charge in [0, 0.05) is 18.7 Å². The summed E-state index contributed by atoms with van der Waals surface area (Å²) in [5.74, 6) is -0.496. The highest BCUT2D eigenvalue weighted by atomic mass is 16.5. The van der Waals surface area contributed by atoms with E-state index in [1.165, 1.54) is 4.90 Å². The van der Waals surface area contributed by atoms with Gasteiger partial charge in [-0.15, -0.1) is 0 Å². The molecule has 1 aromatic rings. The monoisotopic (exact) mass is 288 g/mol. The van der Waals surface area contributed by atoms with Crippen LogP contribution in [0.15, 0.2) is 24.3 Å².